The highest BCUT2D eigenvalue weighted by molar-refractivity contribution is 9.10. The number of aromatic nitrogens is 2. The molecule has 2 aromatic heterocycles. The first-order chi connectivity index (χ1) is 9.06. The maximum Gasteiger partial charge on any atom is 0.139 e. The summed E-state index contributed by atoms with van der Waals surface area (Å²) in [7, 11) is 0. The third-order valence-electron chi connectivity index (χ3n) is 3.00. The van der Waals surface area contributed by atoms with Gasteiger partial charge < -0.3 is 5.73 Å². The van der Waals surface area contributed by atoms with Gasteiger partial charge in [-0.25, -0.2) is 4.98 Å². The summed E-state index contributed by atoms with van der Waals surface area (Å²) in [5, 5.41) is 0. The van der Waals surface area contributed by atoms with Crippen LogP contribution < -0.4 is 5.73 Å². The highest BCUT2D eigenvalue weighted by Crippen LogP contribution is 2.33. The molecule has 96 valence electrons. The lowest BCUT2D eigenvalue weighted by Gasteiger charge is -2.04. The molecule has 3 nitrogen and oxygen atoms in total. The third kappa shape index (κ3) is 2.17. The molecule has 2 N–H and O–H groups in total. The summed E-state index contributed by atoms with van der Waals surface area (Å²) in [4.78, 5) is 4.60. The van der Waals surface area contributed by atoms with E-state index in [2.05, 4.69) is 55.9 Å². The van der Waals surface area contributed by atoms with Gasteiger partial charge in [-0.2, -0.15) is 0 Å². The van der Waals surface area contributed by atoms with E-state index < -0.39 is 0 Å². The summed E-state index contributed by atoms with van der Waals surface area (Å²) in [5.74, 6) is 0.640. The minimum Gasteiger partial charge on any atom is -0.383 e. The highest BCUT2D eigenvalue weighted by atomic mass is 79.9. The van der Waals surface area contributed by atoms with Crippen LogP contribution in [0.2, 0.25) is 0 Å². The standard InChI is InChI=1S/C14H11Br2N3/c1-8-2-4-10(11(16)6-8)13-14(17)19-7-9(15)3-5-12(19)18-13/h2-7H,17H2,1H3. The number of pyridine rings is 1. The Morgan fingerprint density at radius 1 is 1.16 bits per heavy atom. The fourth-order valence-corrected chi connectivity index (χ4v) is 3.07. The molecule has 0 aliphatic carbocycles. The first-order valence-electron chi connectivity index (χ1n) is 5.76. The summed E-state index contributed by atoms with van der Waals surface area (Å²) in [6, 6.07) is 10.0. The molecule has 0 amide bonds. The van der Waals surface area contributed by atoms with Crippen molar-refractivity contribution in [3.05, 3.63) is 51.0 Å². The second-order valence-corrected chi connectivity index (χ2v) is 6.17. The molecule has 0 aliphatic heterocycles. The van der Waals surface area contributed by atoms with Gasteiger partial charge in [0.25, 0.3) is 0 Å². The molecule has 0 saturated heterocycles. The van der Waals surface area contributed by atoms with Gasteiger partial charge in [-0.1, -0.05) is 28.1 Å². The zero-order valence-corrected chi connectivity index (χ0v) is 13.4. The Hall–Kier alpha value is -1.33. The molecular formula is C14H11Br2N3. The number of nitrogens with zero attached hydrogens (tertiary/aromatic N) is 2. The van der Waals surface area contributed by atoms with E-state index in [-0.39, 0.29) is 0 Å². The lowest BCUT2D eigenvalue weighted by atomic mass is 10.1. The van der Waals surface area contributed by atoms with Crippen LogP contribution in [0.4, 0.5) is 5.82 Å². The predicted octanol–water partition coefficient (Wildman–Crippen LogP) is 4.42. The zero-order chi connectivity index (χ0) is 13.6. The molecule has 3 aromatic rings. The minimum absolute atomic E-state index is 0.640. The van der Waals surface area contributed by atoms with Crippen molar-refractivity contribution >= 4 is 43.3 Å². The van der Waals surface area contributed by atoms with E-state index >= 15 is 0 Å². The van der Waals surface area contributed by atoms with Gasteiger partial charge in [0.1, 0.15) is 17.2 Å². The molecule has 0 radical (unpaired) electrons. The van der Waals surface area contributed by atoms with Gasteiger partial charge in [0, 0.05) is 20.7 Å². The molecule has 0 bridgehead atoms. The van der Waals surface area contributed by atoms with E-state index in [0.717, 1.165) is 25.8 Å². The van der Waals surface area contributed by atoms with E-state index in [4.69, 9.17) is 5.73 Å². The minimum atomic E-state index is 0.640. The number of hydrogen-bond donors (Lipinski definition) is 1. The monoisotopic (exact) mass is 379 g/mol. The van der Waals surface area contributed by atoms with E-state index in [1.165, 1.54) is 5.56 Å². The number of anilines is 1. The summed E-state index contributed by atoms with van der Waals surface area (Å²) in [6.07, 6.45) is 1.92. The number of rotatable bonds is 1. The Labute approximate surface area is 127 Å². The largest absolute Gasteiger partial charge is 0.383 e. The first-order valence-corrected chi connectivity index (χ1v) is 7.34. The Bertz CT molecular complexity index is 778. The van der Waals surface area contributed by atoms with Crippen molar-refractivity contribution in [3.63, 3.8) is 0 Å². The molecule has 0 spiro atoms. The molecule has 19 heavy (non-hydrogen) atoms. The van der Waals surface area contributed by atoms with Crippen molar-refractivity contribution in [2.45, 2.75) is 6.92 Å². The molecule has 0 aliphatic rings. The van der Waals surface area contributed by atoms with Crippen LogP contribution >= 0.6 is 31.9 Å². The highest BCUT2D eigenvalue weighted by Gasteiger charge is 2.13. The molecule has 0 saturated carbocycles. The molecule has 1 aromatic carbocycles. The van der Waals surface area contributed by atoms with Crippen LogP contribution in [0.15, 0.2) is 45.5 Å². The van der Waals surface area contributed by atoms with Crippen molar-refractivity contribution in [1.29, 1.82) is 0 Å². The van der Waals surface area contributed by atoms with Gasteiger partial charge >= 0.3 is 0 Å². The smallest absolute Gasteiger partial charge is 0.139 e. The maximum absolute atomic E-state index is 6.21. The van der Waals surface area contributed by atoms with Crippen LogP contribution in [0, 0.1) is 6.92 Å². The Morgan fingerprint density at radius 2 is 1.95 bits per heavy atom. The molecule has 0 atom stereocenters. The number of nitrogens with two attached hydrogens (primary N) is 1. The molecular weight excluding hydrogens is 370 g/mol. The van der Waals surface area contributed by atoms with Gasteiger partial charge in [-0.15, -0.1) is 0 Å². The number of imidazole rings is 1. The van der Waals surface area contributed by atoms with Crippen LogP contribution in [-0.2, 0) is 0 Å². The first kappa shape index (κ1) is 12.7. The maximum atomic E-state index is 6.21. The Kier molecular flexibility index (Phi) is 3.11. The topological polar surface area (TPSA) is 43.3 Å². The third-order valence-corrected chi connectivity index (χ3v) is 4.12. The number of halogens is 2. The normalized spacial score (nSPS) is 11.1. The summed E-state index contributed by atoms with van der Waals surface area (Å²) >= 11 is 7.02. The second-order valence-electron chi connectivity index (χ2n) is 4.40. The molecule has 5 heteroatoms. The van der Waals surface area contributed by atoms with Gasteiger partial charge in [0.05, 0.1) is 0 Å². The zero-order valence-electron chi connectivity index (χ0n) is 10.2. The van der Waals surface area contributed by atoms with Gasteiger partial charge in [-0.05, 0) is 46.6 Å². The number of aryl methyl sites for hydroxylation is 1. The average molecular weight is 381 g/mol. The Morgan fingerprint density at radius 3 is 2.68 bits per heavy atom. The molecule has 3 rings (SSSR count). The lowest BCUT2D eigenvalue weighted by molar-refractivity contribution is 1.18. The van der Waals surface area contributed by atoms with Crippen LogP contribution in [0.3, 0.4) is 0 Å². The molecule has 0 unspecified atom stereocenters. The van der Waals surface area contributed by atoms with Crippen molar-refractivity contribution in [1.82, 2.24) is 9.38 Å². The van der Waals surface area contributed by atoms with Gasteiger partial charge in [-0.3, -0.25) is 4.40 Å². The van der Waals surface area contributed by atoms with E-state index in [1.54, 1.807) is 0 Å². The molecule has 0 fully saturated rings. The van der Waals surface area contributed by atoms with Crippen molar-refractivity contribution in [2.75, 3.05) is 5.73 Å². The predicted molar refractivity (Wildman–Crippen MR) is 85.2 cm³/mol. The lowest BCUT2D eigenvalue weighted by Crippen LogP contribution is -1.94. The van der Waals surface area contributed by atoms with Crippen molar-refractivity contribution in [3.8, 4) is 11.3 Å². The van der Waals surface area contributed by atoms with E-state index in [1.807, 2.05) is 28.8 Å². The van der Waals surface area contributed by atoms with Crippen LogP contribution in [-0.4, -0.2) is 9.38 Å². The van der Waals surface area contributed by atoms with Crippen LogP contribution in [0.5, 0.6) is 0 Å². The number of benzene rings is 1. The summed E-state index contributed by atoms with van der Waals surface area (Å²) in [5.41, 5.74) is 10.0. The summed E-state index contributed by atoms with van der Waals surface area (Å²) in [6.45, 7) is 2.05. The SMILES string of the molecule is Cc1ccc(-c2nc3ccc(Br)cn3c2N)c(Br)c1. The van der Waals surface area contributed by atoms with Crippen LogP contribution in [0.25, 0.3) is 16.9 Å². The van der Waals surface area contributed by atoms with E-state index in [0.29, 0.717) is 5.82 Å². The average Bonchev–Trinajstić information content (AvgIpc) is 2.67. The van der Waals surface area contributed by atoms with Crippen molar-refractivity contribution < 1.29 is 0 Å². The number of nitrogen functional groups attached to an aromatic ring is 1. The van der Waals surface area contributed by atoms with Gasteiger partial charge in [0.15, 0.2) is 0 Å². The quantitative estimate of drug-likeness (QED) is 0.679. The molecule has 2 heterocycles. The second kappa shape index (κ2) is 4.65. The fraction of sp³-hybridized carbons (Fsp3) is 0.0714. The number of hydrogen-bond acceptors (Lipinski definition) is 2. The number of fused-ring (bicyclic) bond motifs is 1. The van der Waals surface area contributed by atoms with Crippen LogP contribution in [0.1, 0.15) is 5.56 Å². The van der Waals surface area contributed by atoms with E-state index in [9.17, 15) is 0 Å². The fourth-order valence-electron chi connectivity index (χ4n) is 2.05. The van der Waals surface area contributed by atoms with Gasteiger partial charge in [0.2, 0.25) is 0 Å². The Balaban J connectivity index is 2.28. The summed E-state index contributed by atoms with van der Waals surface area (Å²) < 4.78 is 3.85. The van der Waals surface area contributed by atoms with Crippen molar-refractivity contribution in [2.24, 2.45) is 0 Å².